The topological polar surface area (TPSA) is 140 Å². The smallest absolute Gasteiger partial charge is 0.340 e. The maximum absolute atomic E-state index is 14.2. The molecule has 2 aromatic heterocycles. The fraction of sp³-hybridized carbons (Fsp3) is 0.429. The summed E-state index contributed by atoms with van der Waals surface area (Å²) in [6, 6.07) is 5.66. The molecule has 6 rings (SSSR count). The van der Waals surface area contributed by atoms with Gasteiger partial charge in [0.05, 0.1) is 11.1 Å². The summed E-state index contributed by atoms with van der Waals surface area (Å²) >= 11 is 1.12. The van der Waals surface area contributed by atoms with Gasteiger partial charge in [-0.05, 0) is 72.9 Å². The number of rotatable bonds is 6. The van der Waals surface area contributed by atoms with Gasteiger partial charge in [-0.15, -0.1) is 11.3 Å². The highest BCUT2D eigenvalue weighted by molar-refractivity contribution is 7.51. The van der Waals surface area contributed by atoms with Crippen molar-refractivity contribution in [2.24, 2.45) is 0 Å². The Morgan fingerprint density at radius 2 is 1.90 bits per heavy atom. The van der Waals surface area contributed by atoms with Crippen molar-refractivity contribution >= 4 is 46.7 Å². The first-order valence-electron chi connectivity index (χ1n) is 13.7. The van der Waals surface area contributed by atoms with Gasteiger partial charge in [-0.2, -0.15) is 0 Å². The molecule has 1 aromatic carbocycles. The first-order valence-corrected chi connectivity index (χ1v) is 16.2. The van der Waals surface area contributed by atoms with Crippen LogP contribution in [0.15, 0.2) is 42.7 Å². The molecule has 0 aliphatic carbocycles. The summed E-state index contributed by atoms with van der Waals surface area (Å²) in [5, 5.41) is 3.28. The molecule has 0 spiro atoms. The first kappa shape index (κ1) is 28.9. The van der Waals surface area contributed by atoms with Crippen molar-refractivity contribution in [2.45, 2.75) is 62.1 Å². The molecule has 3 aromatic rings. The van der Waals surface area contributed by atoms with Crippen molar-refractivity contribution < 1.29 is 37.5 Å². The number of carbonyl (C=O) groups is 3. The largest absolute Gasteiger partial charge is 0.363 e. The van der Waals surface area contributed by atoms with Gasteiger partial charge < -0.3 is 24.9 Å². The lowest BCUT2D eigenvalue weighted by Crippen LogP contribution is -2.58. The van der Waals surface area contributed by atoms with Crippen LogP contribution in [0.1, 0.15) is 64.7 Å². The highest BCUT2D eigenvalue weighted by Crippen LogP contribution is 2.53. The van der Waals surface area contributed by atoms with Crippen LogP contribution >= 0.6 is 18.9 Å². The number of alkyl halides is 1. The SMILES string of the molecule is O=C(N[C@H]1CCC[C@H]2CC[C@@H](C(=O)N3CC(c4ccncc4F)C3)N2C1=O)c1cc2cc(C(F)P(=O)(O)O)ccc2s1. The van der Waals surface area contributed by atoms with E-state index < -0.39 is 37.3 Å². The van der Waals surface area contributed by atoms with E-state index in [1.165, 1.54) is 30.5 Å². The van der Waals surface area contributed by atoms with Crippen LogP contribution in [0.5, 0.6) is 0 Å². The Morgan fingerprint density at radius 3 is 2.64 bits per heavy atom. The summed E-state index contributed by atoms with van der Waals surface area (Å²) < 4.78 is 40.3. The summed E-state index contributed by atoms with van der Waals surface area (Å²) in [6.45, 7) is 0.738. The molecule has 1 unspecified atom stereocenters. The van der Waals surface area contributed by atoms with Crippen LogP contribution in [0, 0.1) is 5.82 Å². The second-order valence-corrected chi connectivity index (χ2v) is 13.8. The molecule has 222 valence electrons. The van der Waals surface area contributed by atoms with E-state index in [1.54, 1.807) is 15.9 Å². The summed E-state index contributed by atoms with van der Waals surface area (Å²) in [4.78, 5) is 66.1. The minimum atomic E-state index is -4.98. The molecule has 10 nitrogen and oxygen atoms in total. The average molecular weight is 619 g/mol. The number of nitrogens with zero attached hydrogens (tertiary/aromatic N) is 3. The molecular formula is C28H29F2N4O6PS. The molecule has 3 fully saturated rings. The van der Waals surface area contributed by atoms with Gasteiger partial charge >= 0.3 is 7.60 Å². The maximum Gasteiger partial charge on any atom is 0.363 e. The van der Waals surface area contributed by atoms with Crippen LogP contribution in [0.4, 0.5) is 8.78 Å². The fourth-order valence-electron chi connectivity index (χ4n) is 6.27. The number of halogens is 2. The zero-order valence-electron chi connectivity index (χ0n) is 22.4. The standard InChI is InChI=1S/C28H29F2N4O6PS/c29-20-12-31-9-8-19(20)17-13-33(14-17)28(37)22-6-5-18-2-1-3-21(27(36)34(18)22)32-26(35)24-11-16-10-15(4-7-23(16)42-24)25(30)41(38,39)40/h4,7-12,17-18,21-22,25H,1-3,5-6,13-14H2,(H,32,35)(H2,38,39,40)/t18-,21-,22-,25?/m0/s1. The van der Waals surface area contributed by atoms with Gasteiger partial charge in [-0.25, -0.2) is 8.78 Å². The number of carbonyl (C=O) groups excluding carboxylic acids is 3. The summed E-state index contributed by atoms with van der Waals surface area (Å²) in [7, 11) is -4.98. The van der Waals surface area contributed by atoms with Crippen molar-refractivity contribution in [1.29, 1.82) is 0 Å². The average Bonchev–Trinajstić information content (AvgIpc) is 3.52. The monoisotopic (exact) mass is 618 g/mol. The number of likely N-dealkylation sites (tertiary alicyclic amines) is 1. The van der Waals surface area contributed by atoms with E-state index in [0.29, 0.717) is 54.4 Å². The lowest BCUT2D eigenvalue weighted by Gasteiger charge is -2.42. The Morgan fingerprint density at radius 1 is 1.12 bits per heavy atom. The molecule has 3 saturated heterocycles. The van der Waals surface area contributed by atoms with Gasteiger partial charge in [0, 0.05) is 35.9 Å². The Bertz CT molecular complexity index is 1610. The van der Waals surface area contributed by atoms with E-state index in [4.69, 9.17) is 9.79 Å². The Labute approximate surface area is 243 Å². The summed E-state index contributed by atoms with van der Waals surface area (Å²) in [5.74, 6) is -3.94. The van der Waals surface area contributed by atoms with Gasteiger partial charge in [-0.1, -0.05) is 6.07 Å². The number of amides is 3. The number of hydrogen-bond donors (Lipinski definition) is 3. The normalized spacial score (nSPS) is 23.8. The Kier molecular flexibility index (Phi) is 7.63. The van der Waals surface area contributed by atoms with Gasteiger partial charge in [0.25, 0.3) is 5.91 Å². The minimum Gasteiger partial charge on any atom is -0.340 e. The first-order chi connectivity index (χ1) is 20.0. The molecule has 0 bridgehead atoms. The molecule has 3 amide bonds. The molecule has 3 N–H and O–H groups in total. The molecule has 5 heterocycles. The molecular weight excluding hydrogens is 589 g/mol. The van der Waals surface area contributed by atoms with E-state index in [1.807, 2.05) is 0 Å². The van der Waals surface area contributed by atoms with Crippen LogP contribution in [-0.4, -0.2) is 73.5 Å². The third-order valence-electron chi connectivity index (χ3n) is 8.45. The van der Waals surface area contributed by atoms with Crippen molar-refractivity contribution in [3.63, 3.8) is 0 Å². The van der Waals surface area contributed by atoms with Crippen LogP contribution in [-0.2, 0) is 14.2 Å². The van der Waals surface area contributed by atoms with Gasteiger partial charge in [0.2, 0.25) is 17.7 Å². The van der Waals surface area contributed by atoms with E-state index in [0.717, 1.165) is 24.0 Å². The van der Waals surface area contributed by atoms with Gasteiger partial charge in [-0.3, -0.25) is 23.9 Å². The van der Waals surface area contributed by atoms with Crippen molar-refractivity contribution in [1.82, 2.24) is 20.1 Å². The molecule has 0 saturated carbocycles. The van der Waals surface area contributed by atoms with Crippen LogP contribution < -0.4 is 5.32 Å². The molecule has 3 aliphatic heterocycles. The maximum atomic E-state index is 14.2. The fourth-order valence-corrected chi connectivity index (χ4v) is 7.76. The quantitative estimate of drug-likeness (QED) is 0.357. The lowest BCUT2D eigenvalue weighted by molar-refractivity contribution is -0.148. The Hall–Kier alpha value is -3.25. The third kappa shape index (κ3) is 5.34. The van der Waals surface area contributed by atoms with Crippen LogP contribution in [0.3, 0.4) is 0 Å². The zero-order valence-corrected chi connectivity index (χ0v) is 24.1. The summed E-state index contributed by atoms with van der Waals surface area (Å²) in [6.07, 6.45) is 5.76. The number of fused-ring (bicyclic) bond motifs is 2. The number of benzene rings is 1. The van der Waals surface area contributed by atoms with Crippen LogP contribution in [0.2, 0.25) is 0 Å². The predicted molar refractivity (Wildman–Crippen MR) is 150 cm³/mol. The highest BCUT2D eigenvalue weighted by Gasteiger charge is 2.47. The van der Waals surface area contributed by atoms with Crippen molar-refractivity contribution in [3.05, 3.63) is 64.5 Å². The molecule has 3 aliphatic rings. The lowest BCUT2D eigenvalue weighted by atomic mass is 9.91. The molecule has 42 heavy (non-hydrogen) atoms. The highest BCUT2D eigenvalue weighted by atomic mass is 32.1. The zero-order chi connectivity index (χ0) is 29.8. The van der Waals surface area contributed by atoms with Crippen LogP contribution in [0.25, 0.3) is 10.1 Å². The van der Waals surface area contributed by atoms with Gasteiger partial charge in [0.1, 0.15) is 17.9 Å². The van der Waals surface area contributed by atoms with E-state index in [-0.39, 0.29) is 34.2 Å². The second-order valence-electron chi connectivity index (χ2n) is 11.1. The number of hydrogen-bond acceptors (Lipinski definition) is 6. The van der Waals surface area contributed by atoms with Gasteiger partial charge in [0.15, 0.2) is 0 Å². The number of pyridine rings is 1. The third-order valence-corrected chi connectivity index (χ3v) is 10.5. The Balaban J connectivity index is 1.14. The molecule has 0 radical (unpaired) electrons. The molecule has 14 heteroatoms. The minimum absolute atomic E-state index is 0.0894. The van der Waals surface area contributed by atoms with Crippen molar-refractivity contribution in [2.75, 3.05) is 13.1 Å². The van der Waals surface area contributed by atoms with E-state index >= 15 is 0 Å². The second kappa shape index (κ2) is 11.1. The summed E-state index contributed by atoms with van der Waals surface area (Å²) in [5.41, 5.74) is 0.338. The molecule has 4 atom stereocenters. The number of thiophene rings is 1. The van der Waals surface area contributed by atoms with E-state index in [2.05, 4.69) is 10.3 Å². The predicted octanol–water partition coefficient (Wildman–Crippen LogP) is 3.85. The number of aromatic nitrogens is 1. The number of nitrogens with one attached hydrogen (secondary N) is 1. The van der Waals surface area contributed by atoms with E-state index in [9.17, 15) is 27.7 Å². The van der Waals surface area contributed by atoms with Crippen molar-refractivity contribution in [3.8, 4) is 0 Å².